The van der Waals surface area contributed by atoms with E-state index in [1.54, 1.807) is 7.11 Å². The Kier molecular flexibility index (Phi) is 3.16. The largest absolute Gasteiger partial charge is 0.504 e. The number of benzene rings is 2. The lowest BCUT2D eigenvalue weighted by Crippen LogP contribution is -2.41. The molecule has 5 nitrogen and oxygen atoms in total. The average molecular weight is 339 g/mol. The highest BCUT2D eigenvalue weighted by atomic mass is 16.7. The molecule has 3 aliphatic rings. The lowest BCUT2D eigenvalue weighted by Gasteiger charge is -2.45. The minimum absolute atomic E-state index is 0.215. The van der Waals surface area contributed by atoms with Crippen molar-refractivity contribution in [2.75, 3.05) is 20.4 Å². The first kappa shape index (κ1) is 14.9. The molecule has 0 aromatic heterocycles. The van der Waals surface area contributed by atoms with E-state index < -0.39 is 0 Å². The molecule has 0 saturated heterocycles. The molecule has 0 radical (unpaired) electrons. The quantitative estimate of drug-likeness (QED) is 0.863. The van der Waals surface area contributed by atoms with E-state index in [4.69, 9.17) is 14.2 Å². The van der Waals surface area contributed by atoms with Gasteiger partial charge in [-0.05, 0) is 41.3 Å². The SMILES string of the molecule is COc1cc2c(cc1O)[C@@H]1C(C)c3ccc4c(c3CN1CC2)OCO4. The molecule has 25 heavy (non-hydrogen) atoms. The smallest absolute Gasteiger partial charge is 0.231 e. The zero-order chi connectivity index (χ0) is 17.1. The molecule has 0 aliphatic carbocycles. The summed E-state index contributed by atoms with van der Waals surface area (Å²) in [6, 6.07) is 8.32. The van der Waals surface area contributed by atoms with Crippen LogP contribution in [0.4, 0.5) is 0 Å². The zero-order valence-corrected chi connectivity index (χ0v) is 14.4. The van der Waals surface area contributed by atoms with Crippen LogP contribution in [0.3, 0.4) is 0 Å². The van der Waals surface area contributed by atoms with Crippen molar-refractivity contribution in [2.24, 2.45) is 0 Å². The number of nitrogens with zero attached hydrogens (tertiary/aromatic N) is 1. The number of phenolic OH excluding ortho intramolecular Hbond substituents is 1. The fourth-order valence-electron chi connectivity index (χ4n) is 4.65. The van der Waals surface area contributed by atoms with Crippen molar-refractivity contribution >= 4 is 0 Å². The van der Waals surface area contributed by atoms with Gasteiger partial charge in [-0.1, -0.05) is 13.0 Å². The second-order valence-corrected chi connectivity index (χ2v) is 7.04. The first-order valence-electron chi connectivity index (χ1n) is 8.72. The second kappa shape index (κ2) is 5.30. The van der Waals surface area contributed by atoms with Crippen LogP contribution in [0.25, 0.3) is 0 Å². The van der Waals surface area contributed by atoms with E-state index in [1.807, 2.05) is 18.2 Å². The standard InChI is InChI=1S/C20H21NO4/c1-11-13-3-4-17-20(25-10-24-17)15(13)9-21-6-5-12-7-18(23-2)16(22)8-14(12)19(11)21/h3-4,7-8,11,19,22H,5-6,9-10H2,1-2H3/t11?,19-/m0/s1. The lowest BCUT2D eigenvalue weighted by molar-refractivity contribution is 0.133. The molecular weight excluding hydrogens is 318 g/mol. The predicted octanol–water partition coefficient (Wildman–Crippen LogP) is 3.35. The first-order valence-corrected chi connectivity index (χ1v) is 8.72. The summed E-state index contributed by atoms with van der Waals surface area (Å²) in [6.45, 7) is 4.40. The minimum Gasteiger partial charge on any atom is -0.504 e. The van der Waals surface area contributed by atoms with E-state index in [0.29, 0.717) is 18.5 Å². The molecule has 1 N–H and O–H groups in total. The number of methoxy groups -OCH3 is 1. The van der Waals surface area contributed by atoms with Crippen LogP contribution < -0.4 is 14.2 Å². The first-order chi connectivity index (χ1) is 12.2. The molecule has 3 aliphatic heterocycles. The van der Waals surface area contributed by atoms with Gasteiger partial charge in [0.2, 0.25) is 6.79 Å². The molecule has 5 rings (SSSR count). The summed E-state index contributed by atoms with van der Waals surface area (Å²) in [5.74, 6) is 2.84. The summed E-state index contributed by atoms with van der Waals surface area (Å²) >= 11 is 0. The third kappa shape index (κ3) is 2.05. The van der Waals surface area contributed by atoms with Gasteiger partial charge in [0.15, 0.2) is 23.0 Å². The van der Waals surface area contributed by atoms with Gasteiger partial charge in [0.25, 0.3) is 0 Å². The number of aromatic hydroxyl groups is 1. The van der Waals surface area contributed by atoms with E-state index >= 15 is 0 Å². The third-order valence-corrected chi connectivity index (χ3v) is 5.82. The second-order valence-electron chi connectivity index (χ2n) is 7.04. The Morgan fingerprint density at radius 2 is 2.08 bits per heavy atom. The Bertz CT molecular complexity index is 863. The van der Waals surface area contributed by atoms with Crippen molar-refractivity contribution in [3.05, 3.63) is 46.5 Å². The predicted molar refractivity (Wildman–Crippen MR) is 92.5 cm³/mol. The maximum Gasteiger partial charge on any atom is 0.231 e. The number of hydrogen-bond acceptors (Lipinski definition) is 5. The fraction of sp³-hybridized carbons (Fsp3) is 0.400. The Morgan fingerprint density at radius 1 is 1.20 bits per heavy atom. The molecule has 5 heteroatoms. The number of phenols is 1. The van der Waals surface area contributed by atoms with Crippen molar-refractivity contribution in [1.82, 2.24) is 4.90 Å². The van der Waals surface area contributed by atoms with E-state index in [2.05, 4.69) is 17.9 Å². The lowest BCUT2D eigenvalue weighted by atomic mass is 9.77. The van der Waals surface area contributed by atoms with Gasteiger partial charge in [-0.25, -0.2) is 0 Å². The summed E-state index contributed by atoms with van der Waals surface area (Å²) in [7, 11) is 1.60. The monoisotopic (exact) mass is 339 g/mol. The van der Waals surface area contributed by atoms with E-state index in [0.717, 1.165) is 31.0 Å². The molecule has 2 aromatic carbocycles. The zero-order valence-electron chi connectivity index (χ0n) is 14.4. The summed E-state index contributed by atoms with van der Waals surface area (Å²) in [5.41, 5.74) is 5.04. The fourth-order valence-corrected chi connectivity index (χ4v) is 4.65. The Hall–Kier alpha value is -2.40. The van der Waals surface area contributed by atoms with Gasteiger partial charge in [-0.3, -0.25) is 4.90 Å². The molecule has 0 fully saturated rings. The summed E-state index contributed by atoms with van der Waals surface area (Å²) in [6.07, 6.45) is 0.955. The number of rotatable bonds is 1. The molecule has 1 unspecified atom stereocenters. The number of hydrogen-bond donors (Lipinski definition) is 1. The van der Waals surface area contributed by atoms with Crippen LogP contribution >= 0.6 is 0 Å². The highest BCUT2D eigenvalue weighted by molar-refractivity contribution is 5.56. The van der Waals surface area contributed by atoms with Gasteiger partial charge in [-0.15, -0.1) is 0 Å². The maximum atomic E-state index is 10.3. The average Bonchev–Trinajstić information content (AvgIpc) is 3.10. The number of fused-ring (bicyclic) bond motifs is 6. The van der Waals surface area contributed by atoms with Crippen molar-refractivity contribution in [3.8, 4) is 23.0 Å². The van der Waals surface area contributed by atoms with Crippen molar-refractivity contribution in [2.45, 2.75) is 31.8 Å². The molecule has 2 atom stereocenters. The van der Waals surface area contributed by atoms with E-state index in [1.165, 1.54) is 22.3 Å². The van der Waals surface area contributed by atoms with Crippen LogP contribution in [-0.4, -0.2) is 30.5 Å². The van der Waals surface area contributed by atoms with Crippen LogP contribution in [0.5, 0.6) is 23.0 Å². The highest BCUT2D eigenvalue weighted by Gasteiger charge is 2.39. The third-order valence-electron chi connectivity index (χ3n) is 5.82. The Balaban J connectivity index is 1.62. The van der Waals surface area contributed by atoms with Gasteiger partial charge >= 0.3 is 0 Å². The summed E-state index contributed by atoms with van der Waals surface area (Å²) < 4.78 is 16.6. The van der Waals surface area contributed by atoms with Crippen LogP contribution in [-0.2, 0) is 13.0 Å². The molecule has 3 heterocycles. The Labute approximate surface area is 146 Å². The molecule has 0 amide bonds. The van der Waals surface area contributed by atoms with Crippen molar-refractivity contribution in [1.29, 1.82) is 0 Å². The molecule has 0 bridgehead atoms. The van der Waals surface area contributed by atoms with Gasteiger partial charge in [-0.2, -0.15) is 0 Å². The van der Waals surface area contributed by atoms with E-state index in [9.17, 15) is 5.11 Å². The van der Waals surface area contributed by atoms with Gasteiger partial charge in [0.1, 0.15) is 0 Å². The maximum absolute atomic E-state index is 10.3. The Morgan fingerprint density at radius 3 is 2.92 bits per heavy atom. The topological polar surface area (TPSA) is 51.2 Å². The summed E-state index contributed by atoms with van der Waals surface area (Å²) in [4.78, 5) is 2.49. The molecule has 0 saturated carbocycles. The molecular formula is C20H21NO4. The number of ether oxygens (including phenoxy) is 3. The van der Waals surface area contributed by atoms with Gasteiger partial charge in [0, 0.05) is 30.6 Å². The highest BCUT2D eigenvalue weighted by Crippen LogP contribution is 2.51. The normalized spacial score (nSPS) is 23.6. The van der Waals surface area contributed by atoms with Gasteiger partial charge in [0.05, 0.1) is 7.11 Å². The molecule has 2 aromatic rings. The van der Waals surface area contributed by atoms with E-state index in [-0.39, 0.29) is 11.8 Å². The van der Waals surface area contributed by atoms with Crippen LogP contribution in [0, 0.1) is 0 Å². The van der Waals surface area contributed by atoms with Crippen LogP contribution in [0.2, 0.25) is 0 Å². The van der Waals surface area contributed by atoms with Crippen molar-refractivity contribution < 1.29 is 19.3 Å². The van der Waals surface area contributed by atoms with Gasteiger partial charge < -0.3 is 19.3 Å². The van der Waals surface area contributed by atoms with Crippen LogP contribution in [0.1, 0.15) is 41.1 Å². The van der Waals surface area contributed by atoms with Crippen molar-refractivity contribution in [3.63, 3.8) is 0 Å². The summed E-state index contributed by atoms with van der Waals surface area (Å²) in [5, 5.41) is 10.3. The molecule has 130 valence electrons. The minimum atomic E-state index is 0.215. The molecule has 0 spiro atoms. The van der Waals surface area contributed by atoms with Crippen LogP contribution in [0.15, 0.2) is 24.3 Å².